The van der Waals surface area contributed by atoms with E-state index in [0.717, 1.165) is 0 Å². The first-order chi connectivity index (χ1) is 5.72. The number of ether oxygens (including phenoxy) is 2. The Morgan fingerprint density at radius 3 is 2.92 bits per heavy atom. The molecule has 0 radical (unpaired) electrons. The Bertz CT molecular complexity index is 241. The molecule has 2 atom stereocenters. The second kappa shape index (κ2) is 3.88. The van der Waals surface area contributed by atoms with Crippen LogP contribution in [0.25, 0.3) is 0 Å². The number of hydrogen-bond donors (Lipinski definition) is 0. The van der Waals surface area contributed by atoms with E-state index in [1.807, 2.05) is 6.07 Å². The van der Waals surface area contributed by atoms with Gasteiger partial charge in [-0.3, -0.25) is 4.79 Å². The molecule has 12 heavy (non-hydrogen) atoms. The molecule has 4 heteroatoms. The summed E-state index contributed by atoms with van der Waals surface area (Å²) in [5.41, 5.74) is 0. The summed E-state index contributed by atoms with van der Waals surface area (Å²) < 4.78 is 9.84. The number of carbonyl (C=O) groups excluding carboxylic acids is 1. The van der Waals surface area contributed by atoms with Crippen molar-refractivity contribution >= 4 is 5.97 Å². The van der Waals surface area contributed by atoms with Gasteiger partial charge in [0.15, 0.2) is 6.10 Å². The molecule has 0 saturated heterocycles. The highest BCUT2D eigenvalue weighted by atomic mass is 16.6. The molecule has 1 aliphatic rings. The predicted molar refractivity (Wildman–Crippen MR) is 40.0 cm³/mol. The van der Waals surface area contributed by atoms with Gasteiger partial charge in [-0.25, -0.2) is 0 Å². The van der Waals surface area contributed by atoms with Gasteiger partial charge in [0.05, 0.1) is 12.7 Å². The molecule has 0 amide bonds. The zero-order valence-corrected chi connectivity index (χ0v) is 6.69. The Kier molecular flexibility index (Phi) is 2.83. The first-order valence-electron chi connectivity index (χ1n) is 3.59. The fourth-order valence-corrected chi connectivity index (χ4v) is 0.901. The summed E-state index contributed by atoms with van der Waals surface area (Å²) in [6.07, 6.45) is 2.40. The third-order valence-corrected chi connectivity index (χ3v) is 1.39. The van der Waals surface area contributed by atoms with Crippen LogP contribution in [0.4, 0.5) is 0 Å². The highest BCUT2D eigenvalue weighted by molar-refractivity contribution is 5.66. The van der Waals surface area contributed by atoms with Gasteiger partial charge in [-0.2, -0.15) is 5.26 Å². The average molecular weight is 167 g/mol. The van der Waals surface area contributed by atoms with E-state index in [9.17, 15) is 4.79 Å². The van der Waals surface area contributed by atoms with Crippen LogP contribution in [0.3, 0.4) is 0 Å². The molecule has 0 aromatic carbocycles. The van der Waals surface area contributed by atoms with Crippen LogP contribution < -0.4 is 0 Å². The molecule has 4 nitrogen and oxygen atoms in total. The van der Waals surface area contributed by atoms with Gasteiger partial charge in [-0.1, -0.05) is 0 Å². The van der Waals surface area contributed by atoms with E-state index in [4.69, 9.17) is 14.7 Å². The highest BCUT2D eigenvalue weighted by Gasteiger charge is 2.16. The van der Waals surface area contributed by atoms with Gasteiger partial charge in [0.1, 0.15) is 6.10 Å². The quantitative estimate of drug-likeness (QED) is 0.419. The molecule has 0 aromatic rings. The number of carbonyl (C=O) groups is 1. The van der Waals surface area contributed by atoms with Crippen LogP contribution in [0.1, 0.15) is 6.92 Å². The minimum absolute atomic E-state index is 0.258. The lowest BCUT2D eigenvalue weighted by Crippen LogP contribution is -2.27. The summed E-state index contributed by atoms with van der Waals surface area (Å²) in [5, 5.41) is 8.43. The fraction of sp³-hybridized carbons (Fsp3) is 0.500. The molecule has 1 heterocycles. The van der Waals surface area contributed by atoms with Gasteiger partial charge < -0.3 is 9.47 Å². The van der Waals surface area contributed by atoms with E-state index in [1.165, 1.54) is 6.92 Å². The SMILES string of the molecule is CC(=O)O[C@@H]1C=CC(C#N)OC1. The van der Waals surface area contributed by atoms with Gasteiger partial charge in [0.25, 0.3) is 0 Å². The van der Waals surface area contributed by atoms with Crippen molar-refractivity contribution in [1.29, 1.82) is 5.26 Å². The molecule has 0 aromatic heterocycles. The zero-order chi connectivity index (χ0) is 8.97. The molecule has 1 rings (SSSR count). The van der Waals surface area contributed by atoms with Crippen molar-refractivity contribution in [1.82, 2.24) is 0 Å². The Balaban J connectivity index is 2.44. The number of nitriles is 1. The minimum atomic E-state index is -0.503. The van der Waals surface area contributed by atoms with Crippen LogP contribution in [0, 0.1) is 11.3 Å². The number of hydrogen-bond acceptors (Lipinski definition) is 4. The smallest absolute Gasteiger partial charge is 0.303 e. The summed E-state index contributed by atoms with van der Waals surface area (Å²) in [6, 6.07) is 1.93. The summed E-state index contributed by atoms with van der Waals surface area (Å²) in [6.45, 7) is 1.60. The first-order valence-corrected chi connectivity index (χ1v) is 3.59. The van der Waals surface area contributed by atoms with Crippen LogP contribution >= 0.6 is 0 Å². The first kappa shape index (κ1) is 8.75. The lowest BCUT2D eigenvalue weighted by atomic mass is 10.2. The second-order valence-electron chi connectivity index (χ2n) is 2.42. The van der Waals surface area contributed by atoms with E-state index < -0.39 is 6.10 Å². The van der Waals surface area contributed by atoms with Gasteiger partial charge >= 0.3 is 5.97 Å². The largest absolute Gasteiger partial charge is 0.456 e. The van der Waals surface area contributed by atoms with Crippen LogP contribution in [-0.2, 0) is 14.3 Å². The van der Waals surface area contributed by atoms with Gasteiger partial charge in [0, 0.05) is 6.92 Å². The van der Waals surface area contributed by atoms with Crippen molar-refractivity contribution in [2.24, 2.45) is 0 Å². The van der Waals surface area contributed by atoms with Crippen LogP contribution in [0.15, 0.2) is 12.2 Å². The topological polar surface area (TPSA) is 59.3 Å². The van der Waals surface area contributed by atoms with Gasteiger partial charge in [0.2, 0.25) is 0 Å². The van der Waals surface area contributed by atoms with Gasteiger partial charge in [-0.05, 0) is 12.2 Å². The minimum Gasteiger partial charge on any atom is -0.456 e. The Hall–Kier alpha value is -1.34. The lowest BCUT2D eigenvalue weighted by molar-refractivity contribution is -0.147. The van der Waals surface area contributed by atoms with Crippen LogP contribution in [0.5, 0.6) is 0 Å². The van der Waals surface area contributed by atoms with E-state index >= 15 is 0 Å². The monoisotopic (exact) mass is 167 g/mol. The predicted octanol–water partition coefficient (Wildman–Crippen LogP) is 0.397. The third kappa shape index (κ3) is 2.36. The van der Waals surface area contributed by atoms with Crippen molar-refractivity contribution in [2.75, 3.05) is 6.61 Å². The van der Waals surface area contributed by atoms with Crippen molar-refractivity contribution in [3.8, 4) is 6.07 Å². The zero-order valence-electron chi connectivity index (χ0n) is 6.69. The summed E-state index contributed by atoms with van der Waals surface area (Å²) in [5.74, 6) is -0.344. The highest BCUT2D eigenvalue weighted by Crippen LogP contribution is 2.07. The molecule has 0 spiro atoms. The van der Waals surface area contributed by atoms with Crippen molar-refractivity contribution in [2.45, 2.75) is 19.1 Å². The summed E-state index contributed by atoms with van der Waals surface area (Å²) >= 11 is 0. The molecule has 0 aliphatic carbocycles. The molecule has 64 valence electrons. The molecule has 0 bridgehead atoms. The van der Waals surface area contributed by atoms with Gasteiger partial charge in [-0.15, -0.1) is 0 Å². The van der Waals surface area contributed by atoms with E-state index in [1.54, 1.807) is 12.2 Å². The molecule has 1 unspecified atom stereocenters. The second-order valence-corrected chi connectivity index (χ2v) is 2.42. The van der Waals surface area contributed by atoms with Crippen molar-refractivity contribution in [3.63, 3.8) is 0 Å². The molecular formula is C8H9NO3. The molecule has 0 N–H and O–H groups in total. The van der Waals surface area contributed by atoms with E-state index in [-0.39, 0.29) is 18.7 Å². The standard InChI is InChI=1S/C8H9NO3/c1-6(10)12-8-3-2-7(4-9)11-5-8/h2-3,7-8H,5H2,1H3/t7?,8-/m1/s1. The lowest BCUT2D eigenvalue weighted by Gasteiger charge is -2.19. The average Bonchev–Trinajstić information content (AvgIpc) is 2.05. The van der Waals surface area contributed by atoms with E-state index in [2.05, 4.69) is 0 Å². The fourth-order valence-electron chi connectivity index (χ4n) is 0.901. The maximum absolute atomic E-state index is 10.5. The van der Waals surface area contributed by atoms with Crippen LogP contribution in [0.2, 0.25) is 0 Å². The molecule has 0 fully saturated rings. The number of nitrogens with zero attached hydrogens (tertiary/aromatic N) is 1. The Morgan fingerprint density at radius 1 is 1.75 bits per heavy atom. The number of esters is 1. The van der Waals surface area contributed by atoms with Crippen molar-refractivity contribution in [3.05, 3.63) is 12.2 Å². The normalized spacial score (nSPS) is 27.7. The van der Waals surface area contributed by atoms with Crippen molar-refractivity contribution < 1.29 is 14.3 Å². The summed E-state index contributed by atoms with van der Waals surface area (Å²) in [4.78, 5) is 10.5. The maximum atomic E-state index is 10.5. The Morgan fingerprint density at radius 2 is 2.50 bits per heavy atom. The maximum Gasteiger partial charge on any atom is 0.303 e. The number of rotatable bonds is 1. The molecule has 1 aliphatic heterocycles. The van der Waals surface area contributed by atoms with E-state index in [0.29, 0.717) is 0 Å². The Labute approximate surface area is 70.4 Å². The summed E-state index contributed by atoms with van der Waals surface area (Å²) in [7, 11) is 0. The molecular weight excluding hydrogens is 158 g/mol. The molecule has 0 saturated carbocycles. The van der Waals surface area contributed by atoms with Crippen LogP contribution in [-0.4, -0.2) is 24.8 Å². The third-order valence-electron chi connectivity index (χ3n) is 1.39.